The van der Waals surface area contributed by atoms with Crippen LogP contribution in [0.1, 0.15) is 35.8 Å². The third kappa shape index (κ3) is 3.61. The maximum absolute atomic E-state index is 13.3. The summed E-state index contributed by atoms with van der Waals surface area (Å²) in [7, 11) is 0. The number of piperidine rings is 1. The van der Waals surface area contributed by atoms with Gasteiger partial charge in [0, 0.05) is 35.8 Å². The van der Waals surface area contributed by atoms with E-state index in [4.69, 9.17) is 11.6 Å². The van der Waals surface area contributed by atoms with Crippen LogP contribution in [0.15, 0.2) is 36.7 Å². The highest BCUT2D eigenvalue weighted by atomic mass is 35.5. The number of hydrogen-bond donors (Lipinski definition) is 1. The molecule has 3 aromatic rings. The summed E-state index contributed by atoms with van der Waals surface area (Å²) >= 11 is 6.03. The van der Waals surface area contributed by atoms with Gasteiger partial charge in [-0.3, -0.25) is 0 Å². The van der Waals surface area contributed by atoms with Crippen molar-refractivity contribution >= 4 is 17.4 Å². The standard InChI is InChI=1S/C19H19ClF3N5/c1-12-18(25-11-24-12)13-5-7-27(8-6-13)17-10-16(19(21,22)23)26-28(17)15-4-2-3-14(20)9-15/h2-4,9-11,13H,5-8H2,1H3,(H,24,25). The van der Waals surface area contributed by atoms with E-state index in [1.54, 1.807) is 30.6 Å². The summed E-state index contributed by atoms with van der Waals surface area (Å²) in [5, 5.41) is 4.27. The molecule has 5 nitrogen and oxygen atoms in total. The Morgan fingerprint density at radius 1 is 1.18 bits per heavy atom. The number of aryl methyl sites for hydroxylation is 1. The predicted molar refractivity (Wildman–Crippen MR) is 101 cm³/mol. The van der Waals surface area contributed by atoms with E-state index in [1.807, 2.05) is 11.8 Å². The first kappa shape index (κ1) is 18.9. The summed E-state index contributed by atoms with van der Waals surface area (Å²) in [4.78, 5) is 9.43. The van der Waals surface area contributed by atoms with Crippen LogP contribution in [0.3, 0.4) is 0 Å². The lowest BCUT2D eigenvalue weighted by Crippen LogP contribution is -2.34. The normalized spacial score (nSPS) is 16.0. The molecule has 0 spiro atoms. The highest BCUT2D eigenvalue weighted by Crippen LogP contribution is 2.36. The summed E-state index contributed by atoms with van der Waals surface area (Å²) in [6, 6.07) is 7.79. The second-order valence-electron chi connectivity index (χ2n) is 6.95. The molecule has 0 aliphatic carbocycles. The van der Waals surface area contributed by atoms with Crippen LogP contribution < -0.4 is 4.90 Å². The fourth-order valence-corrected chi connectivity index (χ4v) is 3.88. The van der Waals surface area contributed by atoms with E-state index in [2.05, 4.69) is 15.1 Å². The molecule has 0 unspecified atom stereocenters. The molecule has 1 fully saturated rings. The van der Waals surface area contributed by atoms with Crippen LogP contribution in [-0.4, -0.2) is 32.8 Å². The number of alkyl halides is 3. The molecular formula is C19H19ClF3N5. The average Bonchev–Trinajstić information content (AvgIpc) is 3.28. The lowest BCUT2D eigenvalue weighted by molar-refractivity contribution is -0.141. The zero-order valence-electron chi connectivity index (χ0n) is 15.2. The SMILES string of the molecule is Cc1[nH]cnc1C1CCN(c2cc(C(F)(F)F)nn2-c2cccc(Cl)c2)CC1. The number of imidazole rings is 1. The van der Waals surface area contributed by atoms with Crippen LogP contribution in [-0.2, 0) is 6.18 Å². The van der Waals surface area contributed by atoms with Crippen LogP contribution in [0.2, 0.25) is 5.02 Å². The molecule has 28 heavy (non-hydrogen) atoms. The minimum atomic E-state index is -4.51. The quantitative estimate of drug-likeness (QED) is 0.665. The first-order valence-electron chi connectivity index (χ1n) is 9.01. The minimum absolute atomic E-state index is 0.298. The van der Waals surface area contributed by atoms with Crippen LogP contribution in [0.5, 0.6) is 0 Å². The first-order valence-corrected chi connectivity index (χ1v) is 9.39. The number of rotatable bonds is 3. The molecule has 4 rings (SSSR count). The fourth-order valence-electron chi connectivity index (χ4n) is 3.70. The highest BCUT2D eigenvalue weighted by Gasteiger charge is 2.36. The molecule has 0 radical (unpaired) electrons. The zero-order valence-corrected chi connectivity index (χ0v) is 15.9. The lowest BCUT2D eigenvalue weighted by Gasteiger charge is -2.33. The van der Waals surface area contributed by atoms with Gasteiger partial charge in [0.25, 0.3) is 0 Å². The van der Waals surface area contributed by atoms with Gasteiger partial charge >= 0.3 is 6.18 Å². The molecule has 148 valence electrons. The van der Waals surface area contributed by atoms with Crippen molar-refractivity contribution < 1.29 is 13.2 Å². The number of halogens is 4. The van der Waals surface area contributed by atoms with Crippen molar-refractivity contribution in [3.8, 4) is 5.69 Å². The van der Waals surface area contributed by atoms with Crippen molar-refractivity contribution in [2.24, 2.45) is 0 Å². The van der Waals surface area contributed by atoms with Gasteiger partial charge in [0.2, 0.25) is 0 Å². The molecule has 0 atom stereocenters. The van der Waals surface area contributed by atoms with E-state index in [1.165, 1.54) is 4.68 Å². The van der Waals surface area contributed by atoms with Gasteiger partial charge in [-0.2, -0.15) is 18.3 Å². The van der Waals surface area contributed by atoms with Crippen molar-refractivity contribution in [2.45, 2.75) is 31.9 Å². The molecular weight excluding hydrogens is 391 g/mol. The topological polar surface area (TPSA) is 49.7 Å². The Hall–Kier alpha value is -2.48. The minimum Gasteiger partial charge on any atom is -0.356 e. The Labute approximate surface area is 165 Å². The van der Waals surface area contributed by atoms with Gasteiger partial charge in [-0.15, -0.1) is 0 Å². The van der Waals surface area contributed by atoms with Gasteiger partial charge in [0.15, 0.2) is 5.69 Å². The molecule has 1 N–H and O–H groups in total. The summed E-state index contributed by atoms with van der Waals surface area (Å²) in [6.45, 7) is 3.24. The van der Waals surface area contributed by atoms with Gasteiger partial charge < -0.3 is 9.88 Å². The lowest BCUT2D eigenvalue weighted by atomic mass is 9.92. The van der Waals surface area contributed by atoms with Crippen molar-refractivity contribution in [2.75, 3.05) is 18.0 Å². The molecule has 0 bridgehead atoms. The Balaban J connectivity index is 1.64. The van der Waals surface area contributed by atoms with Crippen molar-refractivity contribution in [1.82, 2.24) is 19.7 Å². The van der Waals surface area contributed by atoms with E-state index < -0.39 is 11.9 Å². The second-order valence-corrected chi connectivity index (χ2v) is 7.39. The molecule has 1 aliphatic rings. The van der Waals surface area contributed by atoms with Crippen LogP contribution in [0.4, 0.5) is 19.0 Å². The average molecular weight is 410 g/mol. The zero-order chi connectivity index (χ0) is 19.9. The number of hydrogen-bond acceptors (Lipinski definition) is 3. The van der Waals surface area contributed by atoms with Crippen LogP contribution >= 0.6 is 11.6 Å². The highest BCUT2D eigenvalue weighted by molar-refractivity contribution is 6.30. The van der Waals surface area contributed by atoms with Crippen LogP contribution in [0.25, 0.3) is 5.69 Å². The summed E-state index contributed by atoms with van der Waals surface area (Å²) < 4.78 is 41.2. The maximum atomic E-state index is 13.3. The molecule has 1 aliphatic heterocycles. The molecule has 2 aromatic heterocycles. The Morgan fingerprint density at radius 2 is 1.93 bits per heavy atom. The summed E-state index contributed by atoms with van der Waals surface area (Å²) in [5.41, 5.74) is 1.68. The molecule has 9 heteroatoms. The number of benzene rings is 1. The summed E-state index contributed by atoms with van der Waals surface area (Å²) in [6.07, 6.45) is -1.20. The number of aromatic nitrogens is 4. The third-order valence-corrected chi connectivity index (χ3v) is 5.34. The summed E-state index contributed by atoms with van der Waals surface area (Å²) in [5.74, 6) is 0.721. The molecule has 1 aromatic carbocycles. The van der Waals surface area contributed by atoms with E-state index in [9.17, 15) is 13.2 Å². The predicted octanol–water partition coefficient (Wildman–Crippen LogP) is 4.96. The first-order chi connectivity index (χ1) is 13.3. The van der Waals surface area contributed by atoms with E-state index >= 15 is 0 Å². The number of nitrogens with zero attached hydrogens (tertiary/aromatic N) is 4. The Bertz CT molecular complexity index is 970. The second kappa shape index (κ2) is 7.16. The van der Waals surface area contributed by atoms with Gasteiger partial charge in [0.1, 0.15) is 5.82 Å². The molecule has 3 heterocycles. The van der Waals surface area contributed by atoms with Gasteiger partial charge in [-0.25, -0.2) is 9.67 Å². The number of H-pyrrole nitrogens is 1. The third-order valence-electron chi connectivity index (χ3n) is 5.11. The monoisotopic (exact) mass is 409 g/mol. The van der Waals surface area contributed by atoms with E-state index in [0.29, 0.717) is 35.5 Å². The molecule has 0 amide bonds. The van der Waals surface area contributed by atoms with Gasteiger partial charge in [-0.1, -0.05) is 17.7 Å². The smallest absolute Gasteiger partial charge is 0.356 e. The van der Waals surface area contributed by atoms with E-state index in [-0.39, 0.29) is 0 Å². The fraction of sp³-hybridized carbons (Fsp3) is 0.368. The van der Waals surface area contributed by atoms with Crippen molar-refractivity contribution in [3.63, 3.8) is 0 Å². The largest absolute Gasteiger partial charge is 0.435 e. The van der Waals surface area contributed by atoms with E-state index in [0.717, 1.165) is 30.3 Å². The Morgan fingerprint density at radius 3 is 2.54 bits per heavy atom. The Kier molecular flexibility index (Phi) is 4.82. The molecule has 1 saturated heterocycles. The maximum Gasteiger partial charge on any atom is 0.435 e. The van der Waals surface area contributed by atoms with Gasteiger partial charge in [-0.05, 0) is 38.0 Å². The number of nitrogens with one attached hydrogen (secondary N) is 1. The van der Waals surface area contributed by atoms with Gasteiger partial charge in [0.05, 0.1) is 17.7 Å². The van der Waals surface area contributed by atoms with Crippen LogP contribution in [0, 0.1) is 6.92 Å². The van der Waals surface area contributed by atoms with Crippen molar-refractivity contribution in [3.05, 3.63) is 58.8 Å². The molecule has 0 saturated carbocycles. The van der Waals surface area contributed by atoms with Crippen molar-refractivity contribution in [1.29, 1.82) is 0 Å². The number of anilines is 1. The number of aromatic amines is 1.